The molecule has 0 fully saturated rings. The lowest BCUT2D eigenvalue weighted by Gasteiger charge is -2.20. The molecule has 0 saturated heterocycles. The molecule has 6 nitrogen and oxygen atoms in total. The molecule has 0 aliphatic heterocycles. The molecule has 0 radical (unpaired) electrons. The quantitative estimate of drug-likeness (QED) is 0.343. The number of pyridine rings is 1. The van der Waals surface area contributed by atoms with Crippen LogP contribution in [-0.2, 0) is 11.3 Å². The summed E-state index contributed by atoms with van der Waals surface area (Å²) in [6.07, 6.45) is 3.33. The summed E-state index contributed by atoms with van der Waals surface area (Å²) in [7, 11) is 1.67. The maximum Gasteiger partial charge on any atom is 0.233 e. The molecule has 0 bridgehead atoms. The van der Waals surface area contributed by atoms with Crippen LogP contribution in [0.1, 0.15) is 12.5 Å². The molecule has 0 aliphatic rings. The highest BCUT2D eigenvalue weighted by Gasteiger charge is 2.21. The van der Waals surface area contributed by atoms with E-state index in [0.29, 0.717) is 6.54 Å². The number of oxime groups is 1. The molecule has 1 unspecified atom stereocenters. The topological polar surface area (TPSA) is 91.8 Å². The highest BCUT2D eigenvalue weighted by Crippen LogP contribution is 2.06. The van der Waals surface area contributed by atoms with Gasteiger partial charge in [0.05, 0.1) is 5.92 Å². The minimum atomic E-state index is -0.633. The Morgan fingerprint density at radius 3 is 2.71 bits per heavy atom. The zero-order valence-corrected chi connectivity index (χ0v) is 9.87. The summed E-state index contributed by atoms with van der Waals surface area (Å²) < 4.78 is 0. The van der Waals surface area contributed by atoms with E-state index in [4.69, 9.17) is 10.9 Å². The van der Waals surface area contributed by atoms with E-state index in [-0.39, 0.29) is 11.7 Å². The highest BCUT2D eigenvalue weighted by atomic mass is 16.4. The van der Waals surface area contributed by atoms with Gasteiger partial charge >= 0.3 is 0 Å². The summed E-state index contributed by atoms with van der Waals surface area (Å²) in [5, 5.41) is 11.3. The van der Waals surface area contributed by atoms with Crippen LogP contribution in [0.25, 0.3) is 0 Å². The number of amidine groups is 1. The first kappa shape index (κ1) is 13.0. The molecule has 0 aliphatic carbocycles. The van der Waals surface area contributed by atoms with Gasteiger partial charge in [-0.1, -0.05) is 5.16 Å². The Kier molecular flexibility index (Phi) is 4.45. The summed E-state index contributed by atoms with van der Waals surface area (Å²) in [5.74, 6) is -0.916. The summed E-state index contributed by atoms with van der Waals surface area (Å²) in [6, 6.07) is 3.66. The number of hydrogen-bond acceptors (Lipinski definition) is 4. The second kappa shape index (κ2) is 5.83. The monoisotopic (exact) mass is 236 g/mol. The van der Waals surface area contributed by atoms with Gasteiger partial charge in [0.2, 0.25) is 5.91 Å². The Labute approximate surface area is 99.7 Å². The van der Waals surface area contributed by atoms with E-state index in [9.17, 15) is 4.79 Å². The molecule has 0 saturated carbocycles. The molecular weight excluding hydrogens is 220 g/mol. The molecule has 1 rings (SSSR count). The van der Waals surface area contributed by atoms with Crippen molar-refractivity contribution in [3.8, 4) is 0 Å². The van der Waals surface area contributed by atoms with Crippen molar-refractivity contribution < 1.29 is 10.0 Å². The van der Waals surface area contributed by atoms with Crippen molar-refractivity contribution in [1.82, 2.24) is 9.88 Å². The Morgan fingerprint density at radius 1 is 1.59 bits per heavy atom. The van der Waals surface area contributed by atoms with Gasteiger partial charge in [0.15, 0.2) is 5.84 Å². The van der Waals surface area contributed by atoms with Gasteiger partial charge in [0, 0.05) is 26.0 Å². The minimum Gasteiger partial charge on any atom is -0.409 e. The van der Waals surface area contributed by atoms with Crippen molar-refractivity contribution in [2.75, 3.05) is 7.05 Å². The summed E-state index contributed by atoms with van der Waals surface area (Å²) in [6.45, 7) is 2.06. The van der Waals surface area contributed by atoms with Crippen molar-refractivity contribution in [1.29, 1.82) is 0 Å². The van der Waals surface area contributed by atoms with Gasteiger partial charge in [-0.05, 0) is 24.6 Å². The van der Waals surface area contributed by atoms with E-state index < -0.39 is 5.92 Å². The first-order chi connectivity index (χ1) is 8.06. The van der Waals surface area contributed by atoms with Crippen molar-refractivity contribution in [3.05, 3.63) is 30.1 Å². The predicted octanol–water partition coefficient (Wildman–Crippen LogP) is 0.423. The van der Waals surface area contributed by atoms with Crippen molar-refractivity contribution in [3.63, 3.8) is 0 Å². The van der Waals surface area contributed by atoms with E-state index in [0.717, 1.165) is 5.56 Å². The first-order valence-electron chi connectivity index (χ1n) is 5.17. The Morgan fingerprint density at radius 2 is 2.18 bits per heavy atom. The van der Waals surface area contributed by atoms with Crippen molar-refractivity contribution in [2.24, 2.45) is 16.8 Å². The summed E-state index contributed by atoms with van der Waals surface area (Å²) in [4.78, 5) is 17.3. The van der Waals surface area contributed by atoms with Crippen LogP contribution in [0.15, 0.2) is 29.7 Å². The molecule has 1 amide bonds. The fraction of sp³-hybridized carbons (Fsp3) is 0.364. The Hall–Kier alpha value is -2.11. The second-order valence-corrected chi connectivity index (χ2v) is 3.80. The van der Waals surface area contributed by atoms with Crippen LogP contribution >= 0.6 is 0 Å². The molecule has 6 heteroatoms. The number of aromatic nitrogens is 1. The standard InChI is InChI=1S/C11H16N4O2/c1-8(10(12)14-17)11(16)15(2)7-9-3-5-13-6-4-9/h3-6,8,17H,7H2,1-2H3,(H2,12,14). The van der Waals surface area contributed by atoms with Gasteiger partial charge in [-0.25, -0.2) is 0 Å². The van der Waals surface area contributed by atoms with Crippen LogP contribution in [0.5, 0.6) is 0 Å². The Bertz CT molecular complexity index is 405. The zero-order valence-electron chi connectivity index (χ0n) is 9.87. The zero-order chi connectivity index (χ0) is 12.8. The van der Waals surface area contributed by atoms with Gasteiger partial charge in [0.1, 0.15) is 0 Å². The molecule has 3 N–H and O–H groups in total. The van der Waals surface area contributed by atoms with E-state index >= 15 is 0 Å². The molecule has 1 aromatic heterocycles. The normalized spacial score (nSPS) is 13.2. The number of carbonyl (C=O) groups is 1. The van der Waals surface area contributed by atoms with Gasteiger partial charge in [-0.15, -0.1) is 0 Å². The van der Waals surface area contributed by atoms with Crippen LogP contribution < -0.4 is 5.73 Å². The fourth-order valence-electron chi connectivity index (χ4n) is 1.38. The average Bonchev–Trinajstić information content (AvgIpc) is 2.37. The number of nitrogens with two attached hydrogens (primary N) is 1. The smallest absolute Gasteiger partial charge is 0.233 e. The third kappa shape index (κ3) is 3.44. The van der Waals surface area contributed by atoms with E-state index in [1.165, 1.54) is 4.90 Å². The lowest BCUT2D eigenvalue weighted by molar-refractivity contribution is -0.132. The SMILES string of the molecule is CC(C(=O)N(C)Cc1ccncc1)/C(N)=N/O. The van der Waals surface area contributed by atoms with E-state index in [1.54, 1.807) is 26.4 Å². The first-order valence-corrected chi connectivity index (χ1v) is 5.17. The lowest BCUT2D eigenvalue weighted by Crippen LogP contribution is -2.38. The molecule has 1 aromatic rings. The maximum absolute atomic E-state index is 11.9. The van der Waals surface area contributed by atoms with Crippen LogP contribution in [0.3, 0.4) is 0 Å². The molecule has 1 atom stereocenters. The molecule has 0 aromatic carbocycles. The summed E-state index contributed by atoms with van der Waals surface area (Å²) in [5.41, 5.74) is 6.37. The lowest BCUT2D eigenvalue weighted by atomic mass is 10.1. The van der Waals surface area contributed by atoms with Crippen molar-refractivity contribution >= 4 is 11.7 Å². The largest absolute Gasteiger partial charge is 0.409 e. The molecule has 1 heterocycles. The molecule has 0 spiro atoms. The number of amides is 1. The van der Waals surface area contributed by atoms with Crippen LogP contribution in [0.2, 0.25) is 0 Å². The van der Waals surface area contributed by atoms with Crippen LogP contribution in [-0.4, -0.2) is 33.9 Å². The molecular formula is C11H16N4O2. The predicted molar refractivity (Wildman–Crippen MR) is 63.3 cm³/mol. The third-order valence-electron chi connectivity index (χ3n) is 2.47. The number of nitrogens with zero attached hydrogens (tertiary/aromatic N) is 3. The average molecular weight is 236 g/mol. The summed E-state index contributed by atoms with van der Waals surface area (Å²) >= 11 is 0. The molecule has 17 heavy (non-hydrogen) atoms. The van der Waals surface area contributed by atoms with Crippen LogP contribution in [0, 0.1) is 5.92 Å². The minimum absolute atomic E-state index is 0.0865. The van der Waals surface area contributed by atoms with Gasteiger partial charge < -0.3 is 15.8 Å². The highest BCUT2D eigenvalue weighted by molar-refractivity contribution is 6.01. The Balaban J connectivity index is 2.65. The van der Waals surface area contributed by atoms with Crippen LogP contribution in [0.4, 0.5) is 0 Å². The van der Waals surface area contributed by atoms with Crippen molar-refractivity contribution in [2.45, 2.75) is 13.5 Å². The van der Waals surface area contributed by atoms with E-state index in [1.807, 2.05) is 12.1 Å². The van der Waals surface area contributed by atoms with Gasteiger partial charge in [-0.2, -0.15) is 0 Å². The number of hydrogen-bond donors (Lipinski definition) is 2. The van der Waals surface area contributed by atoms with Gasteiger partial charge in [0.25, 0.3) is 0 Å². The van der Waals surface area contributed by atoms with Gasteiger partial charge in [-0.3, -0.25) is 9.78 Å². The fourth-order valence-corrected chi connectivity index (χ4v) is 1.38. The third-order valence-corrected chi connectivity index (χ3v) is 2.47. The molecule has 92 valence electrons. The number of carbonyl (C=O) groups excluding carboxylic acids is 1. The second-order valence-electron chi connectivity index (χ2n) is 3.80. The maximum atomic E-state index is 11.9. The van der Waals surface area contributed by atoms with E-state index in [2.05, 4.69) is 10.1 Å². The number of rotatable bonds is 4.